The Labute approximate surface area is 146 Å². The quantitative estimate of drug-likeness (QED) is 0.754. The fourth-order valence-electron chi connectivity index (χ4n) is 2.32. The molecule has 1 atom stereocenters. The number of carbonyl (C=O) groups excluding carboxylic acids is 1. The maximum absolute atomic E-state index is 12.6. The predicted octanol–water partition coefficient (Wildman–Crippen LogP) is 4.25. The van der Waals surface area contributed by atoms with Crippen molar-refractivity contribution in [3.8, 4) is 11.4 Å². The van der Waals surface area contributed by atoms with Gasteiger partial charge < -0.3 is 9.84 Å². The van der Waals surface area contributed by atoms with Crippen molar-refractivity contribution in [2.24, 2.45) is 0 Å². The Balaban J connectivity index is 1.72. The molecular weight excluding hydrogens is 347 g/mol. The predicted molar refractivity (Wildman–Crippen MR) is 87.1 cm³/mol. The molecule has 3 rings (SSSR count). The standard InChI is InChI=1S/C18H14F3N3O2/c1-11(12-5-3-2-4-6-12)22-16(25)17-23-15(24-26-17)13-7-9-14(10-8-13)18(19,20)21/h2-11H,1H3,(H,22,25). The molecule has 3 aromatic rings. The maximum Gasteiger partial charge on any atom is 0.416 e. The van der Waals surface area contributed by atoms with E-state index in [1.165, 1.54) is 12.1 Å². The van der Waals surface area contributed by atoms with E-state index in [-0.39, 0.29) is 17.8 Å². The molecule has 1 heterocycles. The van der Waals surface area contributed by atoms with E-state index in [4.69, 9.17) is 4.52 Å². The number of carbonyl (C=O) groups is 1. The van der Waals surface area contributed by atoms with Crippen LogP contribution in [0.15, 0.2) is 59.1 Å². The van der Waals surface area contributed by atoms with Gasteiger partial charge in [-0.15, -0.1) is 0 Å². The van der Waals surface area contributed by atoms with Crippen molar-refractivity contribution >= 4 is 5.91 Å². The second kappa shape index (κ2) is 6.99. The molecule has 1 aromatic heterocycles. The molecular formula is C18H14F3N3O2. The van der Waals surface area contributed by atoms with Crippen LogP contribution in [0.3, 0.4) is 0 Å². The highest BCUT2D eigenvalue weighted by Gasteiger charge is 2.30. The maximum atomic E-state index is 12.6. The molecule has 0 aliphatic rings. The van der Waals surface area contributed by atoms with Crippen LogP contribution in [-0.4, -0.2) is 16.0 Å². The number of alkyl halides is 3. The van der Waals surface area contributed by atoms with E-state index in [2.05, 4.69) is 15.5 Å². The summed E-state index contributed by atoms with van der Waals surface area (Å²) in [7, 11) is 0. The molecule has 0 aliphatic carbocycles. The molecule has 5 nitrogen and oxygen atoms in total. The zero-order valence-electron chi connectivity index (χ0n) is 13.6. The van der Waals surface area contributed by atoms with Gasteiger partial charge in [-0.1, -0.05) is 47.6 Å². The molecule has 8 heteroatoms. The number of benzene rings is 2. The molecule has 134 valence electrons. The van der Waals surface area contributed by atoms with Crippen molar-refractivity contribution in [3.63, 3.8) is 0 Å². The Kier molecular flexibility index (Phi) is 4.75. The first-order valence-electron chi connectivity index (χ1n) is 7.72. The molecule has 0 saturated carbocycles. The first-order chi connectivity index (χ1) is 12.3. The molecule has 0 spiro atoms. The van der Waals surface area contributed by atoms with E-state index in [0.717, 1.165) is 17.7 Å². The molecule has 0 saturated heterocycles. The first-order valence-corrected chi connectivity index (χ1v) is 7.72. The largest absolute Gasteiger partial charge is 0.416 e. The van der Waals surface area contributed by atoms with E-state index in [1.54, 1.807) is 6.92 Å². The molecule has 1 unspecified atom stereocenters. The fourth-order valence-corrected chi connectivity index (χ4v) is 2.32. The van der Waals surface area contributed by atoms with Crippen molar-refractivity contribution in [1.29, 1.82) is 0 Å². The van der Waals surface area contributed by atoms with Gasteiger partial charge in [-0.3, -0.25) is 4.79 Å². The van der Waals surface area contributed by atoms with Crippen molar-refractivity contribution in [3.05, 3.63) is 71.6 Å². The molecule has 0 fully saturated rings. The molecule has 0 bridgehead atoms. The summed E-state index contributed by atoms with van der Waals surface area (Å²) in [6.45, 7) is 1.81. The Morgan fingerprint density at radius 1 is 1.08 bits per heavy atom. The third-order valence-electron chi connectivity index (χ3n) is 3.74. The van der Waals surface area contributed by atoms with Crippen LogP contribution in [0.25, 0.3) is 11.4 Å². The van der Waals surface area contributed by atoms with Crippen LogP contribution < -0.4 is 5.32 Å². The minimum absolute atomic E-state index is 0.0382. The monoisotopic (exact) mass is 361 g/mol. The smallest absolute Gasteiger partial charge is 0.341 e. The number of hydrogen-bond acceptors (Lipinski definition) is 4. The molecule has 2 aromatic carbocycles. The van der Waals surface area contributed by atoms with Gasteiger partial charge in [-0.2, -0.15) is 18.2 Å². The SMILES string of the molecule is CC(NC(=O)c1nc(-c2ccc(C(F)(F)F)cc2)no1)c1ccccc1. The van der Waals surface area contributed by atoms with Gasteiger partial charge in [-0.25, -0.2) is 0 Å². The van der Waals surface area contributed by atoms with Crippen molar-refractivity contribution in [2.75, 3.05) is 0 Å². The van der Waals surface area contributed by atoms with Gasteiger partial charge in [0.05, 0.1) is 11.6 Å². The van der Waals surface area contributed by atoms with Gasteiger partial charge in [0, 0.05) is 5.56 Å². The van der Waals surface area contributed by atoms with Crippen LogP contribution in [0, 0.1) is 0 Å². The first kappa shape index (κ1) is 17.7. The highest BCUT2D eigenvalue weighted by Crippen LogP contribution is 2.30. The van der Waals surface area contributed by atoms with E-state index in [1.807, 2.05) is 30.3 Å². The Bertz CT molecular complexity index is 890. The fraction of sp³-hybridized carbons (Fsp3) is 0.167. The molecule has 26 heavy (non-hydrogen) atoms. The number of aromatic nitrogens is 2. The molecule has 0 aliphatic heterocycles. The van der Waals surface area contributed by atoms with Crippen LogP contribution in [-0.2, 0) is 6.18 Å². The van der Waals surface area contributed by atoms with Crippen LogP contribution in [0.1, 0.15) is 34.8 Å². The average Bonchev–Trinajstić information content (AvgIpc) is 3.12. The molecule has 1 amide bonds. The molecule has 1 N–H and O–H groups in total. The lowest BCUT2D eigenvalue weighted by molar-refractivity contribution is -0.137. The van der Waals surface area contributed by atoms with Gasteiger partial charge in [0.15, 0.2) is 0 Å². The zero-order chi connectivity index (χ0) is 18.7. The summed E-state index contributed by atoms with van der Waals surface area (Å²) in [4.78, 5) is 16.2. The summed E-state index contributed by atoms with van der Waals surface area (Å²) in [5, 5.41) is 6.37. The number of nitrogens with one attached hydrogen (secondary N) is 1. The highest BCUT2D eigenvalue weighted by molar-refractivity contribution is 5.90. The van der Waals surface area contributed by atoms with Crippen LogP contribution in [0.4, 0.5) is 13.2 Å². The third kappa shape index (κ3) is 3.90. The minimum Gasteiger partial charge on any atom is -0.341 e. The Morgan fingerprint density at radius 3 is 2.35 bits per heavy atom. The Hall–Kier alpha value is -3.16. The van der Waals surface area contributed by atoms with Crippen LogP contribution in [0.2, 0.25) is 0 Å². The van der Waals surface area contributed by atoms with Crippen LogP contribution in [0.5, 0.6) is 0 Å². The topological polar surface area (TPSA) is 68.0 Å². The van der Waals surface area contributed by atoms with E-state index in [9.17, 15) is 18.0 Å². The van der Waals surface area contributed by atoms with Gasteiger partial charge in [0.25, 0.3) is 0 Å². The van der Waals surface area contributed by atoms with Gasteiger partial charge in [0.1, 0.15) is 0 Å². The van der Waals surface area contributed by atoms with E-state index < -0.39 is 17.6 Å². The Morgan fingerprint density at radius 2 is 1.73 bits per heavy atom. The number of rotatable bonds is 4. The second-order valence-corrected chi connectivity index (χ2v) is 5.60. The second-order valence-electron chi connectivity index (χ2n) is 5.60. The van der Waals surface area contributed by atoms with E-state index >= 15 is 0 Å². The zero-order valence-corrected chi connectivity index (χ0v) is 13.6. The minimum atomic E-state index is -4.42. The average molecular weight is 361 g/mol. The lowest BCUT2D eigenvalue weighted by Gasteiger charge is -2.12. The summed E-state index contributed by atoms with van der Waals surface area (Å²) >= 11 is 0. The number of amides is 1. The third-order valence-corrected chi connectivity index (χ3v) is 3.74. The normalized spacial score (nSPS) is 12.6. The van der Waals surface area contributed by atoms with Gasteiger partial charge in [0.2, 0.25) is 5.82 Å². The lowest BCUT2D eigenvalue weighted by Crippen LogP contribution is -2.26. The number of hydrogen-bond donors (Lipinski definition) is 1. The highest BCUT2D eigenvalue weighted by atomic mass is 19.4. The van der Waals surface area contributed by atoms with Crippen LogP contribution >= 0.6 is 0 Å². The number of halogens is 3. The van der Waals surface area contributed by atoms with Crippen molar-refractivity contribution in [2.45, 2.75) is 19.1 Å². The number of nitrogens with zero attached hydrogens (tertiary/aromatic N) is 2. The van der Waals surface area contributed by atoms with Gasteiger partial charge in [-0.05, 0) is 24.6 Å². The van der Waals surface area contributed by atoms with E-state index in [0.29, 0.717) is 5.56 Å². The summed E-state index contributed by atoms with van der Waals surface area (Å²) in [6, 6.07) is 13.3. The molecule has 0 radical (unpaired) electrons. The van der Waals surface area contributed by atoms with Crippen molar-refractivity contribution < 1.29 is 22.5 Å². The summed E-state index contributed by atoms with van der Waals surface area (Å²) in [6.07, 6.45) is -4.42. The van der Waals surface area contributed by atoms with Gasteiger partial charge >= 0.3 is 18.0 Å². The summed E-state index contributed by atoms with van der Waals surface area (Å²) < 4.78 is 42.7. The summed E-state index contributed by atoms with van der Waals surface area (Å²) in [5.41, 5.74) is 0.444. The summed E-state index contributed by atoms with van der Waals surface area (Å²) in [5.74, 6) is -0.786. The lowest BCUT2D eigenvalue weighted by atomic mass is 10.1. The van der Waals surface area contributed by atoms with Crippen molar-refractivity contribution in [1.82, 2.24) is 15.5 Å².